The van der Waals surface area contributed by atoms with Gasteiger partial charge < -0.3 is 5.11 Å². The first-order chi connectivity index (χ1) is 8.16. The van der Waals surface area contributed by atoms with Crippen molar-refractivity contribution in [1.29, 1.82) is 0 Å². The van der Waals surface area contributed by atoms with E-state index < -0.39 is 5.97 Å². The lowest BCUT2D eigenvalue weighted by Crippen LogP contribution is -1.98. The van der Waals surface area contributed by atoms with Crippen molar-refractivity contribution in [1.82, 2.24) is 4.98 Å². The van der Waals surface area contributed by atoms with Crippen LogP contribution in [0, 0.1) is 0 Å². The van der Waals surface area contributed by atoms with E-state index in [1.54, 1.807) is 36.5 Å². The summed E-state index contributed by atoms with van der Waals surface area (Å²) in [4.78, 5) is 15.9. The molecular weight excluding hydrogens is 258 g/mol. The number of rotatable bonds is 3. The van der Waals surface area contributed by atoms with E-state index in [4.69, 9.17) is 16.7 Å². The van der Waals surface area contributed by atoms with E-state index in [9.17, 15) is 4.79 Å². The highest BCUT2D eigenvalue weighted by Crippen LogP contribution is 2.28. The minimum absolute atomic E-state index is 0.195. The van der Waals surface area contributed by atoms with Crippen LogP contribution >= 0.6 is 22.9 Å². The van der Waals surface area contributed by atoms with Crippen molar-refractivity contribution in [2.75, 3.05) is 0 Å². The average molecular weight is 266 g/mol. The topological polar surface area (TPSA) is 50.2 Å². The minimum Gasteiger partial charge on any atom is -0.478 e. The molecule has 2 aromatic heterocycles. The molecule has 0 saturated heterocycles. The van der Waals surface area contributed by atoms with Gasteiger partial charge in [0.15, 0.2) is 0 Å². The summed E-state index contributed by atoms with van der Waals surface area (Å²) in [6, 6.07) is 8.70. The van der Waals surface area contributed by atoms with Gasteiger partial charge in [0.1, 0.15) is 0 Å². The summed E-state index contributed by atoms with van der Waals surface area (Å²) in [5.41, 5.74) is 0.801. The number of carboxylic acids is 1. The van der Waals surface area contributed by atoms with Crippen molar-refractivity contribution in [2.24, 2.45) is 0 Å². The number of thiophene rings is 1. The first-order valence-corrected chi connectivity index (χ1v) is 5.98. The fraction of sp³-hybridized carbons (Fsp3) is 0. The molecule has 3 nitrogen and oxygen atoms in total. The van der Waals surface area contributed by atoms with Crippen LogP contribution in [0.25, 0.3) is 11.6 Å². The maximum Gasteiger partial charge on any atom is 0.337 e. The summed E-state index contributed by atoms with van der Waals surface area (Å²) in [6.45, 7) is 0. The van der Waals surface area contributed by atoms with Crippen molar-refractivity contribution >= 4 is 40.6 Å². The van der Waals surface area contributed by atoms with Gasteiger partial charge in [-0.3, -0.25) is 4.98 Å². The molecule has 0 amide bonds. The average Bonchev–Trinajstić information content (AvgIpc) is 2.73. The smallest absolute Gasteiger partial charge is 0.337 e. The Hall–Kier alpha value is -1.65. The molecule has 0 saturated carbocycles. The monoisotopic (exact) mass is 265 g/mol. The van der Waals surface area contributed by atoms with Gasteiger partial charge in [0.2, 0.25) is 0 Å². The summed E-state index contributed by atoms with van der Waals surface area (Å²) in [5, 5.41) is 9.16. The summed E-state index contributed by atoms with van der Waals surface area (Å²) < 4.78 is 0.563. The molecule has 5 heteroatoms. The molecule has 1 N–H and O–H groups in total. The Morgan fingerprint density at radius 3 is 2.71 bits per heavy atom. The number of hydrogen-bond donors (Lipinski definition) is 1. The highest BCUT2D eigenvalue weighted by atomic mass is 35.5. The molecule has 0 aromatic carbocycles. The number of aliphatic carboxylic acids is 1. The van der Waals surface area contributed by atoms with Crippen molar-refractivity contribution in [3.63, 3.8) is 0 Å². The van der Waals surface area contributed by atoms with Crippen molar-refractivity contribution < 1.29 is 9.90 Å². The van der Waals surface area contributed by atoms with Crippen LogP contribution in [0.15, 0.2) is 36.5 Å². The van der Waals surface area contributed by atoms with E-state index in [2.05, 4.69) is 4.98 Å². The first-order valence-electron chi connectivity index (χ1n) is 4.78. The zero-order valence-electron chi connectivity index (χ0n) is 8.63. The number of aromatic nitrogens is 1. The lowest BCUT2D eigenvalue weighted by molar-refractivity contribution is -0.130. The van der Waals surface area contributed by atoms with Crippen LogP contribution in [0.5, 0.6) is 0 Å². The number of nitrogens with zero attached hydrogens (tertiary/aromatic N) is 1. The molecule has 0 aliphatic rings. The predicted octanol–water partition coefficient (Wildman–Crippen LogP) is 3.42. The molecule has 86 valence electrons. The molecule has 0 bridgehead atoms. The molecule has 0 aliphatic carbocycles. The van der Waals surface area contributed by atoms with Crippen molar-refractivity contribution in [3.05, 3.63) is 51.4 Å². The lowest BCUT2D eigenvalue weighted by Gasteiger charge is -1.98. The molecule has 2 rings (SSSR count). The number of hydrogen-bond acceptors (Lipinski definition) is 3. The highest BCUT2D eigenvalue weighted by molar-refractivity contribution is 7.17. The molecule has 0 aliphatic heterocycles. The molecular formula is C12H8ClNO2S. The molecule has 0 atom stereocenters. The van der Waals surface area contributed by atoms with Crippen LogP contribution in [-0.2, 0) is 4.79 Å². The zero-order valence-corrected chi connectivity index (χ0v) is 10.2. The number of halogens is 1. The largest absolute Gasteiger partial charge is 0.478 e. The zero-order chi connectivity index (χ0) is 12.3. The second kappa shape index (κ2) is 5.12. The summed E-state index contributed by atoms with van der Waals surface area (Å²) in [6.07, 6.45) is 3.15. The van der Waals surface area contributed by atoms with Crippen molar-refractivity contribution in [3.8, 4) is 0 Å². The van der Waals surface area contributed by atoms with Gasteiger partial charge in [0.05, 0.1) is 15.6 Å². The van der Waals surface area contributed by atoms with E-state index in [1.165, 1.54) is 17.4 Å². The van der Waals surface area contributed by atoms with Crippen molar-refractivity contribution in [2.45, 2.75) is 0 Å². The molecule has 17 heavy (non-hydrogen) atoms. The Labute approximate surface area is 107 Å². The van der Waals surface area contributed by atoms with Crippen LogP contribution in [-0.4, -0.2) is 16.1 Å². The second-order valence-electron chi connectivity index (χ2n) is 3.22. The third kappa shape index (κ3) is 2.93. The predicted molar refractivity (Wildman–Crippen MR) is 69.1 cm³/mol. The molecule has 2 aromatic rings. The fourth-order valence-corrected chi connectivity index (χ4v) is 2.36. The van der Waals surface area contributed by atoms with E-state index in [0.717, 1.165) is 0 Å². The standard InChI is InChI=1S/C12H8ClNO2S/c13-11-5-4-10(17-11)9(12(15)16)7-8-3-1-2-6-14-8/h1-7H,(H,15,16)/b9-7-. The number of carboxylic acid groups (broad SMARTS) is 1. The Morgan fingerprint density at radius 2 is 2.18 bits per heavy atom. The Kier molecular flexibility index (Phi) is 3.56. The fourth-order valence-electron chi connectivity index (χ4n) is 1.31. The van der Waals surface area contributed by atoms with Gasteiger partial charge in [-0.25, -0.2) is 4.79 Å². The second-order valence-corrected chi connectivity index (χ2v) is 4.94. The van der Waals surface area contributed by atoms with Gasteiger partial charge in [-0.15, -0.1) is 11.3 Å². The Morgan fingerprint density at radius 1 is 1.35 bits per heavy atom. The summed E-state index contributed by atoms with van der Waals surface area (Å²) in [7, 11) is 0. The van der Waals surface area contributed by atoms with Crippen LogP contribution in [0.1, 0.15) is 10.6 Å². The highest BCUT2D eigenvalue weighted by Gasteiger charge is 2.12. The molecule has 0 fully saturated rings. The SMILES string of the molecule is O=C(O)/C(=C\c1ccccn1)c1ccc(Cl)s1. The Bertz CT molecular complexity index is 563. The molecule has 0 radical (unpaired) electrons. The van der Waals surface area contributed by atoms with E-state index in [1.807, 2.05) is 0 Å². The van der Waals surface area contributed by atoms with Gasteiger partial charge in [-0.2, -0.15) is 0 Å². The molecule has 2 heterocycles. The van der Waals surface area contributed by atoms with E-state index in [0.29, 0.717) is 14.9 Å². The molecule has 0 spiro atoms. The van der Waals surface area contributed by atoms with Gasteiger partial charge in [-0.1, -0.05) is 17.7 Å². The van der Waals surface area contributed by atoms with Crippen LogP contribution in [0.4, 0.5) is 0 Å². The third-order valence-corrected chi connectivity index (χ3v) is 3.31. The number of pyridine rings is 1. The lowest BCUT2D eigenvalue weighted by atomic mass is 10.2. The van der Waals surface area contributed by atoms with Gasteiger partial charge in [0, 0.05) is 11.1 Å². The quantitative estimate of drug-likeness (QED) is 0.865. The number of carbonyl (C=O) groups is 1. The van der Waals surface area contributed by atoms with Gasteiger partial charge >= 0.3 is 5.97 Å². The van der Waals surface area contributed by atoms with E-state index >= 15 is 0 Å². The van der Waals surface area contributed by atoms with Crippen LogP contribution in [0.2, 0.25) is 4.34 Å². The third-order valence-electron chi connectivity index (χ3n) is 2.05. The first kappa shape index (κ1) is 11.8. The van der Waals surface area contributed by atoms with Gasteiger partial charge in [0.25, 0.3) is 0 Å². The maximum absolute atomic E-state index is 11.2. The Balaban J connectivity index is 2.43. The van der Waals surface area contributed by atoms with Gasteiger partial charge in [-0.05, 0) is 30.3 Å². The summed E-state index contributed by atoms with van der Waals surface area (Å²) in [5.74, 6) is -0.992. The minimum atomic E-state index is -0.992. The maximum atomic E-state index is 11.2. The molecule has 0 unspecified atom stereocenters. The van der Waals surface area contributed by atoms with Crippen LogP contribution in [0.3, 0.4) is 0 Å². The normalized spacial score (nSPS) is 11.5. The van der Waals surface area contributed by atoms with Crippen LogP contribution < -0.4 is 0 Å². The van der Waals surface area contributed by atoms with E-state index in [-0.39, 0.29) is 5.57 Å². The summed E-state index contributed by atoms with van der Waals surface area (Å²) >= 11 is 7.03.